The summed E-state index contributed by atoms with van der Waals surface area (Å²) in [7, 11) is 1.45. The summed E-state index contributed by atoms with van der Waals surface area (Å²) < 4.78 is 4.77. The molecule has 0 unspecified atom stereocenters. The predicted molar refractivity (Wildman–Crippen MR) is 77.8 cm³/mol. The summed E-state index contributed by atoms with van der Waals surface area (Å²) in [4.78, 5) is 13.2. The van der Waals surface area contributed by atoms with Crippen molar-refractivity contribution in [1.82, 2.24) is 10.2 Å². The Morgan fingerprint density at radius 3 is 2.30 bits per heavy atom. The number of ether oxygens (including phenoxy) is 1. The van der Waals surface area contributed by atoms with Crippen LogP contribution in [0.5, 0.6) is 0 Å². The SMILES string of the molecule is COC(=O)N1CCC(NC2Cc3ccccc3C2)CC1. The fourth-order valence-electron chi connectivity index (χ4n) is 3.37. The lowest BCUT2D eigenvalue weighted by molar-refractivity contribution is 0.109. The highest BCUT2D eigenvalue weighted by Crippen LogP contribution is 2.23. The van der Waals surface area contributed by atoms with Crippen LogP contribution in [-0.2, 0) is 17.6 Å². The lowest BCUT2D eigenvalue weighted by Crippen LogP contribution is -2.48. The maximum atomic E-state index is 11.5. The fraction of sp³-hybridized carbons (Fsp3) is 0.562. The Labute approximate surface area is 120 Å². The normalized spacial score (nSPS) is 19.9. The zero-order valence-electron chi connectivity index (χ0n) is 12.0. The first-order valence-corrected chi connectivity index (χ1v) is 7.42. The number of amides is 1. The Hall–Kier alpha value is -1.55. The number of fused-ring (bicyclic) bond motifs is 1. The largest absolute Gasteiger partial charge is 0.453 e. The van der Waals surface area contributed by atoms with Gasteiger partial charge in [0, 0.05) is 25.2 Å². The molecule has 1 heterocycles. The van der Waals surface area contributed by atoms with E-state index in [0.29, 0.717) is 12.1 Å². The third-order valence-electron chi connectivity index (χ3n) is 4.45. The van der Waals surface area contributed by atoms with E-state index < -0.39 is 0 Å². The number of carbonyl (C=O) groups is 1. The summed E-state index contributed by atoms with van der Waals surface area (Å²) in [6, 6.07) is 9.79. The number of hydrogen-bond donors (Lipinski definition) is 1. The van der Waals surface area contributed by atoms with E-state index in [0.717, 1.165) is 38.8 Å². The van der Waals surface area contributed by atoms with Gasteiger partial charge in [0.05, 0.1) is 7.11 Å². The summed E-state index contributed by atoms with van der Waals surface area (Å²) in [5.74, 6) is 0. The van der Waals surface area contributed by atoms with Crippen LogP contribution in [0.15, 0.2) is 24.3 Å². The van der Waals surface area contributed by atoms with Gasteiger partial charge in [0.1, 0.15) is 0 Å². The van der Waals surface area contributed by atoms with Crippen molar-refractivity contribution in [2.24, 2.45) is 0 Å². The van der Waals surface area contributed by atoms with Crippen molar-refractivity contribution in [2.75, 3.05) is 20.2 Å². The zero-order valence-corrected chi connectivity index (χ0v) is 12.0. The minimum atomic E-state index is -0.197. The van der Waals surface area contributed by atoms with Crippen LogP contribution in [0, 0.1) is 0 Å². The summed E-state index contributed by atoms with van der Waals surface area (Å²) in [6.45, 7) is 1.59. The van der Waals surface area contributed by atoms with Crippen LogP contribution in [0.3, 0.4) is 0 Å². The number of rotatable bonds is 2. The van der Waals surface area contributed by atoms with Crippen molar-refractivity contribution in [3.63, 3.8) is 0 Å². The Morgan fingerprint density at radius 2 is 1.75 bits per heavy atom. The maximum Gasteiger partial charge on any atom is 0.409 e. The van der Waals surface area contributed by atoms with Gasteiger partial charge in [-0.05, 0) is 36.8 Å². The van der Waals surface area contributed by atoms with Gasteiger partial charge in [-0.2, -0.15) is 0 Å². The molecule has 3 rings (SSSR count). The van der Waals surface area contributed by atoms with Gasteiger partial charge in [0.15, 0.2) is 0 Å². The van der Waals surface area contributed by atoms with E-state index in [1.54, 1.807) is 4.90 Å². The molecular formula is C16H22N2O2. The monoisotopic (exact) mass is 274 g/mol. The van der Waals surface area contributed by atoms with E-state index in [9.17, 15) is 4.79 Å². The van der Waals surface area contributed by atoms with E-state index in [1.807, 2.05) is 0 Å². The highest BCUT2D eigenvalue weighted by Gasteiger charge is 2.27. The average Bonchev–Trinajstić information content (AvgIpc) is 2.89. The number of nitrogens with one attached hydrogen (secondary N) is 1. The molecule has 20 heavy (non-hydrogen) atoms. The summed E-state index contributed by atoms with van der Waals surface area (Å²) >= 11 is 0. The Bertz CT molecular complexity index is 456. The van der Waals surface area contributed by atoms with Crippen LogP contribution < -0.4 is 5.32 Å². The van der Waals surface area contributed by atoms with E-state index in [-0.39, 0.29) is 6.09 Å². The van der Waals surface area contributed by atoms with Gasteiger partial charge >= 0.3 is 6.09 Å². The van der Waals surface area contributed by atoms with Crippen LogP contribution in [0.4, 0.5) is 4.79 Å². The maximum absolute atomic E-state index is 11.5. The van der Waals surface area contributed by atoms with E-state index in [2.05, 4.69) is 29.6 Å². The predicted octanol–water partition coefficient (Wildman–Crippen LogP) is 1.97. The van der Waals surface area contributed by atoms with Crippen LogP contribution in [-0.4, -0.2) is 43.3 Å². The lowest BCUT2D eigenvalue weighted by Gasteiger charge is -2.33. The average molecular weight is 274 g/mol. The van der Waals surface area contributed by atoms with Crippen molar-refractivity contribution in [1.29, 1.82) is 0 Å². The first kappa shape index (κ1) is 13.4. The van der Waals surface area contributed by atoms with Gasteiger partial charge in [-0.25, -0.2) is 4.79 Å². The smallest absolute Gasteiger partial charge is 0.409 e. The molecule has 1 saturated heterocycles. The Balaban J connectivity index is 1.48. The molecule has 0 atom stereocenters. The molecule has 1 N–H and O–H groups in total. The van der Waals surface area contributed by atoms with Gasteiger partial charge in [-0.15, -0.1) is 0 Å². The third kappa shape index (κ3) is 2.80. The van der Waals surface area contributed by atoms with Crippen molar-refractivity contribution in [3.05, 3.63) is 35.4 Å². The molecule has 0 saturated carbocycles. The molecule has 1 fully saturated rings. The molecule has 0 bridgehead atoms. The van der Waals surface area contributed by atoms with Gasteiger partial charge in [0.2, 0.25) is 0 Å². The first-order chi connectivity index (χ1) is 9.76. The van der Waals surface area contributed by atoms with Crippen molar-refractivity contribution < 1.29 is 9.53 Å². The van der Waals surface area contributed by atoms with E-state index >= 15 is 0 Å². The number of nitrogens with zero attached hydrogens (tertiary/aromatic N) is 1. The Kier molecular flexibility index (Phi) is 3.92. The fourth-order valence-corrected chi connectivity index (χ4v) is 3.37. The number of methoxy groups -OCH3 is 1. The number of likely N-dealkylation sites (tertiary alicyclic amines) is 1. The molecule has 4 nitrogen and oxygen atoms in total. The molecule has 1 aliphatic heterocycles. The minimum Gasteiger partial charge on any atom is -0.453 e. The van der Waals surface area contributed by atoms with Crippen molar-refractivity contribution in [3.8, 4) is 0 Å². The molecular weight excluding hydrogens is 252 g/mol. The molecule has 0 radical (unpaired) electrons. The summed E-state index contributed by atoms with van der Waals surface area (Å²) in [5, 5.41) is 3.76. The van der Waals surface area contributed by atoms with Crippen molar-refractivity contribution in [2.45, 2.75) is 37.8 Å². The molecule has 1 aromatic carbocycles. The topological polar surface area (TPSA) is 41.6 Å². The number of carbonyl (C=O) groups excluding carboxylic acids is 1. The molecule has 1 aromatic rings. The van der Waals surface area contributed by atoms with E-state index in [1.165, 1.54) is 18.2 Å². The number of piperidine rings is 1. The second kappa shape index (κ2) is 5.83. The van der Waals surface area contributed by atoms with E-state index in [4.69, 9.17) is 4.74 Å². The minimum absolute atomic E-state index is 0.197. The zero-order chi connectivity index (χ0) is 13.9. The molecule has 0 aromatic heterocycles. The van der Waals surface area contributed by atoms with Crippen LogP contribution >= 0.6 is 0 Å². The third-order valence-corrected chi connectivity index (χ3v) is 4.45. The van der Waals surface area contributed by atoms with Gasteiger partial charge in [-0.1, -0.05) is 24.3 Å². The second-order valence-corrected chi connectivity index (χ2v) is 5.77. The van der Waals surface area contributed by atoms with Gasteiger partial charge in [0.25, 0.3) is 0 Å². The molecule has 0 spiro atoms. The quantitative estimate of drug-likeness (QED) is 0.896. The first-order valence-electron chi connectivity index (χ1n) is 7.42. The molecule has 4 heteroatoms. The number of benzene rings is 1. The van der Waals surface area contributed by atoms with Crippen LogP contribution in [0.25, 0.3) is 0 Å². The van der Waals surface area contributed by atoms with Gasteiger partial charge < -0.3 is 15.0 Å². The second-order valence-electron chi connectivity index (χ2n) is 5.77. The van der Waals surface area contributed by atoms with Gasteiger partial charge in [-0.3, -0.25) is 0 Å². The lowest BCUT2D eigenvalue weighted by atomic mass is 10.0. The Morgan fingerprint density at radius 1 is 1.15 bits per heavy atom. The standard InChI is InChI=1S/C16H22N2O2/c1-20-16(19)18-8-6-14(7-9-18)17-15-10-12-4-2-3-5-13(12)11-15/h2-5,14-15,17H,6-11H2,1H3. The van der Waals surface area contributed by atoms with Crippen molar-refractivity contribution >= 4 is 6.09 Å². The highest BCUT2D eigenvalue weighted by atomic mass is 16.5. The number of hydrogen-bond acceptors (Lipinski definition) is 3. The summed E-state index contributed by atoms with van der Waals surface area (Å²) in [5.41, 5.74) is 2.97. The summed E-state index contributed by atoms with van der Waals surface area (Å²) in [6.07, 6.45) is 4.10. The highest BCUT2D eigenvalue weighted by molar-refractivity contribution is 5.67. The van der Waals surface area contributed by atoms with Crippen LogP contribution in [0.2, 0.25) is 0 Å². The molecule has 108 valence electrons. The van der Waals surface area contributed by atoms with Crippen LogP contribution in [0.1, 0.15) is 24.0 Å². The molecule has 1 aliphatic carbocycles. The molecule has 2 aliphatic rings. The molecule has 1 amide bonds.